The summed E-state index contributed by atoms with van der Waals surface area (Å²) in [5.74, 6) is -2.24. The van der Waals surface area contributed by atoms with Crippen molar-refractivity contribution in [2.75, 3.05) is 0 Å². The van der Waals surface area contributed by atoms with Crippen LogP contribution in [0, 0.1) is 28.6 Å². The maximum absolute atomic E-state index is 14.1. The van der Waals surface area contributed by atoms with Crippen molar-refractivity contribution in [3.05, 3.63) is 0 Å². The Bertz CT molecular complexity index is 801. The Labute approximate surface area is 170 Å². The van der Waals surface area contributed by atoms with Crippen molar-refractivity contribution in [1.82, 2.24) is 0 Å². The normalized spacial score (nSPS) is 59.4. The van der Waals surface area contributed by atoms with Crippen LogP contribution in [0.2, 0.25) is 0 Å². The number of carbonyl (C=O) groups excluding carboxylic acids is 2. The van der Waals surface area contributed by atoms with Gasteiger partial charge in [-0.15, -0.1) is 0 Å². The van der Waals surface area contributed by atoms with Crippen molar-refractivity contribution in [1.29, 1.82) is 0 Å². The van der Waals surface area contributed by atoms with Crippen LogP contribution >= 0.6 is 0 Å². The first-order valence-electron chi connectivity index (χ1n) is 10.8. The van der Waals surface area contributed by atoms with Gasteiger partial charge in [0.2, 0.25) is 0 Å². The number of hydrogen-bond donors (Lipinski definition) is 3. The summed E-state index contributed by atoms with van der Waals surface area (Å²) in [6.45, 7) is 8.32. The molecule has 4 aliphatic carbocycles. The summed E-state index contributed by atoms with van der Waals surface area (Å²) >= 11 is 0. The first kappa shape index (κ1) is 19.9. The van der Waals surface area contributed by atoms with Gasteiger partial charge in [0.15, 0.2) is 11.9 Å². The number of Topliss-reactive ketones (excluding diaryl/α,β-unsaturated/α-hetero) is 1. The van der Waals surface area contributed by atoms with Crippen molar-refractivity contribution in [2.45, 2.75) is 95.4 Å². The highest BCUT2D eigenvalue weighted by molar-refractivity contribution is 5.93. The molecule has 1 aliphatic heterocycles. The van der Waals surface area contributed by atoms with Gasteiger partial charge in [0.1, 0.15) is 5.60 Å². The van der Waals surface area contributed by atoms with Crippen LogP contribution in [-0.4, -0.2) is 62.2 Å². The Morgan fingerprint density at radius 1 is 1.14 bits per heavy atom. The van der Waals surface area contributed by atoms with Crippen molar-refractivity contribution in [3.8, 4) is 0 Å². The molecule has 5 aliphatic rings. The number of fused-ring (bicyclic) bond motifs is 4. The van der Waals surface area contributed by atoms with Crippen LogP contribution in [0.25, 0.3) is 0 Å². The molecule has 1 saturated heterocycles. The van der Waals surface area contributed by atoms with Crippen molar-refractivity contribution in [3.63, 3.8) is 0 Å². The van der Waals surface area contributed by atoms with Gasteiger partial charge in [0.25, 0.3) is 0 Å². The highest BCUT2D eigenvalue weighted by Gasteiger charge is 2.84. The van der Waals surface area contributed by atoms with E-state index in [4.69, 9.17) is 9.47 Å². The molecule has 1 unspecified atom stereocenters. The SMILES string of the molecule is CC(=O)O[C@@H]1C(=O)C23C[C@H](CC[C@H]2[C@@](C)(O)[C@@H]2[C@@H]4O[C@@H]4C(C)(C)[C@@]12O)[C@](C)(O)C3. The molecule has 4 saturated carbocycles. The molecule has 0 aromatic heterocycles. The van der Waals surface area contributed by atoms with Gasteiger partial charge in [-0.3, -0.25) is 9.59 Å². The van der Waals surface area contributed by atoms with Crippen LogP contribution in [0.4, 0.5) is 0 Å². The van der Waals surface area contributed by atoms with E-state index in [9.17, 15) is 24.9 Å². The molecule has 1 spiro atoms. The largest absolute Gasteiger partial charge is 0.451 e. The van der Waals surface area contributed by atoms with Gasteiger partial charge in [-0.25, -0.2) is 0 Å². The Balaban J connectivity index is 1.75. The fourth-order valence-corrected chi connectivity index (χ4v) is 8.15. The van der Waals surface area contributed by atoms with Crippen LogP contribution in [-0.2, 0) is 19.1 Å². The summed E-state index contributed by atoms with van der Waals surface area (Å²) in [6.07, 6.45) is -0.130. The average Bonchev–Trinajstić information content (AvgIpc) is 3.30. The lowest BCUT2D eigenvalue weighted by Crippen LogP contribution is -2.64. The summed E-state index contributed by atoms with van der Waals surface area (Å²) in [5.41, 5.74) is -6.10. The summed E-state index contributed by atoms with van der Waals surface area (Å²) in [6, 6.07) is 0. The van der Waals surface area contributed by atoms with E-state index in [2.05, 4.69) is 0 Å². The highest BCUT2D eigenvalue weighted by Crippen LogP contribution is 2.72. The molecular formula is C22H32O7. The van der Waals surface area contributed by atoms with Gasteiger partial charge in [-0.2, -0.15) is 0 Å². The fourth-order valence-electron chi connectivity index (χ4n) is 8.15. The van der Waals surface area contributed by atoms with E-state index < -0.39 is 51.5 Å². The van der Waals surface area contributed by atoms with Crippen molar-refractivity contribution < 1.29 is 34.4 Å². The van der Waals surface area contributed by atoms with Crippen LogP contribution in [0.15, 0.2) is 0 Å². The third kappa shape index (κ3) is 2.08. The standard InChI is InChI=1S/C22H32O7/c1-10(23)28-17-15(24)21-8-11(19(4,25)9-21)6-7-12(21)20(5,26)14-13-16(29-13)18(2,3)22(14,17)27/h11-14,16-17,25-27H,6-9H2,1-5H3/t11-,12-,13-,14-,16-,17+,19+,20+,21?,22-/m0/s1. The number of carbonyl (C=O) groups is 2. The minimum absolute atomic E-state index is 0.0537. The van der Waals surface area contributed by atoms with Gasteiger partial charge in [-0.05, 0) is 45.4 Å². The quantitative estimate of drug-likeness (QED) is 0.437. The number of aliphatic hydroxyl groups is 3. The maximum atomic E-state index is 14.1. The molecule has 0 radical (unpaired) electrons. The maximum Gasteiger partial charge on any atom is 0.303 e. The van der Waals surface area contributed by atoms with E-state index in [1.165, 1.54) is 6.92 Å². The van der Waals surface area contributed by atoms with Gasteiger partial charge in [0.05, 0.1) is 29.3 Å². The second-order valence-electron chi connectivity index (χ2n) is 11.3. The second-order valence-corrected chi connectivity index (χ2v) is 11.3. The van der Waals surface area contributed by atoms with E-state index in [0.717, 1.165) is 0 Å². The van der Waals surface area contributed by atoms with Crippen LogP contribution in [0.5, 0.6) is 0 Å². The van der Waals surface area contributed by atoms with Gasteiger partial charge in [0, 0.05) is 23.7 Å². The Morgan fingerprint density at radius 2 is 1.79 bits per heavy atom. The highest BCUT2D eigenvalue weighted by atomic mass is 16.6. The Kier molecular flexibility index (Phi) is 3.59. The fraction of sp³-hybridized carbons (Fsp3) is 0.909. The summed E-state index contributed by atoms with van der Waals surface area (Å²) < 4.78 is 11.4. The zero-order chi connectivity index (χ0) is 21.4. The zero-order valence-electron chi connectivity index (χ0n) is 17.8. The van der Waals surface area contributed by atoms with Crippen molar-refractivity contribution in [2.24, 2.45) is 28.6 Å². The minimum atomic E-state index is -1.75. The van der Waals surface area contributed by atoms with Crippen LogP contribution in [0.3, 0.4) is 0 Å². The summed E-state index contributed by atoms with van der Waals surface area (Å²) in [5, 5.41) is 35.1. The molecule has 2 bridgehead atoms. The molecule has 5 rings (SSSR count). The third-order valence-corrected chi connectivity index (χ3v) is 9.45. The molecule has 0 aromatic rings. The predicted molar refractivity (Wildman–Crippen MR) is 101 cm³/mol. The lowest BCUT2D eigenvalue weighted by Gasteiger charge is -2.50. The molecule has 162 valence electrons. The van der Waals surface area contributed by atoms with Gasteiger partial charge >= 0.3 is 5.97 Å². The van der Waals surface area contributed by atoms with E-state index >= 15 is 0 Å². The van der Waals surface area contributed by atoms with Crippen LogP contribution in [0.1, 0.15) is 60.3 Å². The number of epoxide rings is 1. The van der Waals surface area contributed by atoms with E-state index in [0.29, 0.717) is 19.3 Å². The molecule has 1 heterocycles. The van der Waals surface area contributed by atoms with Gasteiger partial charge in [-0.1, -0.05) is 13.8 Å². The lowest BCUT2D eigenvalue weighted by atomic mass is 9.58. The van der Waals surface area contributed by atoms with Gasteiger partial charge < -0.3 is 24.8 Å². The Morgan fingerprint density at radius 3 is 2.41 bits per heavy atom. The molecule has 5 fully saturated rings. The number of hydrogen-bond acceptors (Lipinski definition) is 7. The molecule has 3 N–H and O–H groups in total. The summed E-state index contributed by atoms with van der Waals surface area (Å²) in [4.78, 5) is 26.2. The number of rotatable bonds is 1. The average molecular weight is 408 g/mol. The van der Waals surface area contributed by atoms with E-state index in [1.807, 2.05) is 13.8 Å². The molecule has 0 amide bonds. The molecule has 7 heteroatoms. The van der Waals surface area contributed by atoms with Crippen molar-refractivity contribution >= 4 is 11.8 Å². The molecular weight excluding hydrogens is 376 g/mol. The smallest absolute Gasteiger partial charge is 0.303 e. The Hall–Kier alpha value is -1.02. The first-order chi connectivity index (χ1) is 13.2. The molecule has 10 atom stereocenters. The number of ether oxygens (including phenoxy) is 2. The third-order valence-electron chi connectivity index (χ3n) is 9.45. The molecule has 7 nitrogen and oxygen atoms in total. The zero-order valence-corrected chi connectivity index (χ0v) is 17.8. The predicted octanol–water partition coefficient (Wildman–Crippen LogP) is 0.964. The minimum Gasteiger partial charge on any atom is -0.451 e. The number of ketones is 1. The molecule has 29 heavy (non-hydrogen) atoms. The number of esters is 1. The second kappa shape index (κ2) is 5.23. The van der Waals surface area contributed by atoms with Crippen LogP contribution < -0.4 is 0 Å². The van der Waals surface area contributed by atoms with E-state index in [-0.39, 0.29) is 30.3 Å². The summed E-state index contributed by atoms with van der Waals surface area (Å²) in [7, 11) is 0. The first-order valence-corrected chi connectivity index (χ1v) is 10.8. The van der Waals surface area contributed by atoms with E-state index in [1.54, 1.807) is 13.8 Å². The molecule has 0 aromatic carbocycles. The monoisotopic (exact) mass is 408 g/mol. The lowest BCUT2D eigenvalue weighted by molar-refractivity contribution is -0.228. The topological polar surface area (TPSA) is 117 Å².